The minimum absolute atomic E-state index is 0.0568. The number of anilines is 1. The third-order valence-corrected chi connectivity index (χ3v) is 2.30. The molecule has 0 saturated heterocycles. The van der Waals surface area contributed by atoms with Gasteiger partial charge >= 0.3 is 0 Å². The molecule has 4 heteroatoms. The van der Waals surface area contributed by atoms with Gasteiger partial charge in [0, 0.05) is 12.0 Å². The summed E-state index contributed by atoms with van der Waals surface area (Å²) in [5, 5.41) is 3.06. The molecular weight excluding hydrogens is 214 g/mol. The molecule has 3 nitrogen and oxygen atoms in total. The minimum Gasteiger partial charge on any atom is -0.325 e. The Bertz CT molecular complexity index is 402. The number of carbonyl (C=O) groups excluding carboxylic acids is 2. The Morgan fingerprint density at radius 3 is 2.60 bits per heavy atom. The van der Waals surface area contributed by atoms with Gasteiger partial charge in [-0.25, -0.2) is 0 Å². The van der Waals surface area contributed by atoms with Crippen LogP contribution in [0.1, 0.15) is 30.6 Å². The number of ketones is 1. The van der Waals surface area contributed by atoms with Crippen LogP contribution in [-0.4, -0.2) is 11.7 Å². The third-order valence-electron chi connectivity index (χ3n) is 1.97. The molecule has 1 N–H and O–H groups in total. The monoisotopic (exact) mass is 225 g/mol. The molecular formula is C11H12ClNO2. The number of hydrogen-bond acceptors (Lipinski definition) is 2. The van der Waals surface area contributed by atoms with Gasteiger partial charge in [0.15, 0.2) is 5.78 Å². The van der Waals surface area contributed by atoms with Gasteiger partial charge in [-0.2, -0.15) is 0 Å². The molecule has 0 spiro atoms. The van der Waals surface area contributed by atoms with E-state index >= 15 is 0 Å². The van der Waals surface area contributed by atoms with Crippen molar-refractivity contribution in [2.45, 2.75) is 20.3 Å². The lowest BCUT2D eigenvalue weighted by atomic mass is 10.1. The number of nitrogens with one attached hydrogen (secondary N) is 1. The number of benzene rings is 1. The third kappa shape index (κ3) is 3.06. The summed E-state index contributed by atoms with van der Waals surface area (Å²) in [6, 6.07) is 4.81. The molecule has 0 aromatic heterocycles. The van der Waals surface area contributed by atoms with E-state index in [1.54, 1.807) is 25.1 Å². The van der Waals surface area contributed by atoms with Gasteiger partial charge in [0.05, 0.1) is 10.7 Å². The van der Waals surface area contributed by atoms with Crippen LogP contribution >= 0.6 is 11.6 Å². The number of carbonyl (C=O) groups is 2. The molecule has 15 heavy (non-hydrogen) atoms. The van der Waals surface area contributed by atoms with Crippen LogP contribution in [0.25, 0.3) is 0 Å². The van der Waals surface area contributed by atoms with Gasteiger partial charge in [0.1, 0.15) is 0 Å². The molecule has 0 atom stereocenters. The van der Waals surface area contributed by atoms with Crippen molar-refractivity contribution in [3.63, 3.8) is 0 Å². The Hall–Kier alpha value is -1.35. The number of hydrogen-bond donors (Lipinski definition) is 1. The average molecular weight is 226 g/mol. The van der Waals surface area contributed by atoms with E-state index in [9.17, 15) is 9.59 Å². The van der Waals surface area contributed by atoms with Crippen molar-refractivity contribution in [1.82, 2.24) is 0 Å². The first-order valence-corrected chi connectivity index (χ1v) is 5.02. The largest absolute Gasteiger partial charge is 0.325 e. The fraction of sp³-hybridized carbons (Fsp3) is 0.273. The van der Waals surface area contributed by atoms with E-state index in [1.807, 2.05) is 0 Å². The highest BCUT2D eigenvalue weighted by atomic mass is 35.5. The summed E-state index contributed by atoms with van der Waals surface area (Å²) >= 11 is 5.88. The van der Waals surface area contributed by atoms with Gasteiger partial charge in [-0.05, 0) is 25.1 Å². The zero-order valence-electron chi connectivity index (χ0n) is 8.63. The van der Waals surface area contributed by atoms with Crippen LogP contribution in [0.2, 0.25) is 5.02 Å². The summed E-state index contributed by atoms with van der Waals surface area (Å²) in [6.07, 6.45) is 0.376. The van der Waals surface area contributed by atoms with Crippen molar-refractivity contribution >= 4 is 29.0 Å². The zero-order valence-corrected chi connectivity index (χ0v) is 9.39. The second-order valence-electron chi connectivity index (χ2n) is 3.15. The Labute approximate surface area is 93.4 Å². The molecule has 0 radical (unpaired) electrons. The number of amides is 1. The maximum Gasteiger partial charge on any atom is 0.224 e. The molecule has 0 bridgehead atoms. The Morgan fingerprint density at radius 2 is 2.07 bits per heavy atom. The fourth-order valence-electron chi connectivity index (χ4n) is 1.08. The van der Waals surface area contributed by atoms with Crippen LogP contribution in [0.3, 0.4) is 0 Å². The van der Waals surface area contributed by atoms with Crippen LogP contribution in [0, 0.1) is 0 Å². The minimum atomic E-state index is -0.127. The van der Waals surface area contributed by atoms with Gasteiger partial charge in [-0.1, -0.05) is 18.5 Å². The quantitative estimate of drug-likeness (QED) is 0.804. The summed E-state index contributed by atoms with van der Waals surface area (Å²) in [4.78, 5) is 22.3. The molecule has 0 aliphatic heterocycles. The van der Waals surface area contributed by atoms with Gasteiger partial charge in [0.2, 0.25) is 5.91 Å². The van der Waals surface area contributed by atoms with E-state index in [4.69, 9.17) is 11.6 Å². The molecule has 1 aromatic rings. The van der Waals surface area contributed by atoms with Crippen molar-refractivity contribution in [3.8, 4) is 0 Å². The Kier molecular flexibility index (Phi) is 3.86. The highest BCUT2D eigenvalue weighted by molar-refractivity contribution is 6.33. The molecule has 0 heterocycles. The molecule has 0 unspecified atom stereocenters. The first-order valence-electron chi connectivity index (χ1n) is 4.65. The van der Waals surface area contributed by atoms with Crippen molar-refractivity contribution in [2.24, 2.45) is 0 Å². The van der Waals surface area contributed by atoms with E-state index in [-0.39, 0.29) is 11.7 Å². The molecule has 0 saturated carbocycles. The smallest absolute Gasteiger partial charge is 0.224 e. The lowest BCUT2D eigenvalue weighted by Gasteiger charge is -2.07. The first kappa shape index (κ1) is 11.7. The summed E-state index contributed by atoms with van der Waals surface area (Å²) in [5.74, 6) is -0.184. The molecule has 0 aliphatic carbocycles. The van der Waals surface area contributed by atoms with E-state index < -0.39 is 0 Å². The van der Waals surface area contributed by atoms with E-state index in [2.05, 4.69) is 5.32 Å². The lowest BCUT2D eigenvalue weighted by molar-refractivity contribution is -0.115. The fourth-order valence-corrected chi connectivity index (χ4v) is 1.24. The molecule has 0 fully saturated rings. The van der Waals surface area contributed by atoms with Gasteiger partial charge in [-0.3, -0.25) is 9.59 Å². The maximum atomic E-state index is 11.2. The van der Waals surface area contributed by atoms with E-state index in [0.717, 1.165) is 0 Å². The second kappa shape index (κ2) is 4.94. The van der Waals surface area contributed by atoms with Crippen LogP contribution < -0.4 is 5.32 Å². The number of rotatable bonds is 3. The van der Waals surface area contributed by atoms with Crippen molar-refractivity contribution in [1.29, 1.82) is 0 Å². The maximum absolute atomic E-state index is 11.2. The number of halogens is 1. The van der Waals surface area contributed by atoms with E-state index in [0.29, 0.717) is 22.7 Å². The van der Waals surface area contributed by atoms with Crippen molar-refractivity contribution < 1.29 is 9.59 Å². The number of Topliss-reactive ketones (excluding diaryl/α,β-unsaturated/α-hetero) is 1. The molecule has 0 aliphatic rings. The van der Waals surface area contributed by atoms with Crippen LogP contribution in [0.4, 0.5) is 5.69 Å². The van der Waals surface area contributed by atoms with Gasteiger partial charge in [0.25, 0.3) is 0 Å². The zero-order chi connectivity index (χ0) is 11.4. The van der Waals surface area contributed by atoms with E-state index in [1.165, 1.54) is 6.92 Å². The predicted molar refractivity (Wildman–Crippen MR) is 60.4 cm³/mol. The van der Waals surface area contributed by atoms with Crippen LogP contribution in [0.5, 0.6) is 0 Å². The summed E-state index contributed by atoms with van der Waals surface area (Å²) in [7, 11) is 0. The highest BCUT2D eigenvalue weighted by Gasteiger charge is 2.07. The second-order valence-corrected chi connectivity index (χ2v) is 3.56. The van der Waals surface area contributed by atoms with Gasteiger partial charge < -0.3 is 5.32 Å². The highest BCUT2D eigenvalue weighted by Crippen LogP contribution is 2.23. The summed E-state index contributed by atoms with van der Waals surface area (Å²) in [6.45, 7) is 3.22. The Balaban J connectivity index is 3.00. The average Bonchev–Trinajstić information content (AvgIpc) is 2.20. The molecule has 1 aromatic carbocycles. The lowest BCUT2D eigenvalue weighted by Crippen LogP contribution is -2.10. The predicted octanol–water partition coefficient (Wildman–Crippen LogP) is 2.89. The molecule has 80 valence electrons. The standard InChI is InChI=1S/C11H12ClNO2/c1-3-11(15)13-10-6-8(7(2)14)4-5-9(10)12/h4-6H,3H2,1-2H3,(H,13,15). The topological polar surface area (TPSA) is 46.2 Å². The van der Waals surface area contributed by atoms with Crippen molar-refractivity contribution in [3.05, 3.63) is 28.8 Å². The SMILES string of the molecule is CCC(=O)Nc1cc(C(C)=O)ccc1Cl. The Morgan fingerprint density at radius 1 is 1.40 bits per heavy atom. The molecule has 1 rings (SSSR count). The normalized spacial score (nSPS) is 9.80. The van der Waals surface area contributed by atoms with Crippen LogP contribution in [-0.2, 0) is 4.79 Å². The van der Waals surface area contributed by atoms with Gasteiger partial charge in [-0.15, -0.1) is 0 Å². The molecule has 1 amide bonds. The summed E-state index contributed by atoms with van der Waals surface area (Å²) in [5.41, 5.74) is 1.02. The first-order chi connectivity index (χ1) is 7.04. The van der Waals surface area contributed by atoms with Crippen molar-refractivity contribution in [2.75, 3.05) is 5.32 Å². The van der Waals surface area contributed by atoms with Crippen LogP contribution in [0.15, 0.2) is 18.2 Å². The summed E-state index contributed by atoms with van der Waals surface area (Å²) < 4.78 is 0.